The number of rotatable bonds is 5. The van der Waals surface area contributed by atoms with E-state index in [2.05, 4.69) is 5.10 Å². The van der Waals surface area contributed by atoms with E-state index in [1.807, 2.05) is 36.4 Å². The summed E-state index contributed by atoms with van der Waals surface area (Å²) in [7, 11) is 0. The average Bonchev–Trinajstić information content (AvgIpc) is 3.35. The molecule has 3 aromatic rings. The Hall–Kier alpha value is -3.85. The lowest BCUT2D eigenvalue weighted by Crippen LogP contribution is -2.02. The van der Waals surface area contributed by atoms with Crippen molar-refractivity contribution in [2.75, 3.05) is 6.79 Å². The zero-order chi connectivity index (χ0) is 18.6. The van der Waals surface area contributed by atoms with Crippen LogP contribution >= 0.6 is 0 Å². The third-order valence-electron chi connectivity index (χ3n) is 4.15. The Bertz CT molecular complexity index is 1060. The molecule has 0 saturated heterocycles. The maximum Gasteiger partial charge on any atom is 0.231 e. The molecule has 0 amide bonds. The van der Waals surface area contributed by atoms with Crippen LogP contribution in [0.1, 0.15) is 21.5 Å². The summed E-state index contributed by atoms with van der Waals surface area (Å²) in [5, 5.41) is 13.7. The Morgan fingerprint density at radius 2 is 2.00 bits per heavy atom. The van der Waals surface area contributed by atoms with Crippen LogP contribution in [0.3, 0.4) is 0 Å². The molecule has 2 heterocycles. The van der Waals surface area contributed by atoms with Crippen molar-refractivity contribution in [1.82, 2.24) is 9.78 Å². The first-order chi connectivity index (χ1) is 13.2. The molecule has 0 N–H and O–H groups in total. The number of aromatic nitrogens is 2. The van der Waals surface area contributed by atoms with E-state index in [4.69, 9.17) is 9.47 Å². The molecule has 1 aliphatic heterocycles. The second kappa shape index (κ2) is 7.18. The molecule has 1 aliphatic rings. The number of allylic oxidation sites excluding steroid dienone is 1. The quantitative estimate of drug-likeness (QED) is 0.397. The Balaban J connectivity index is 1.55. The van der Waals surface area contributed by atoms with Crippen LogP contribution in [-0.4, -0.2) is 22.4 Å². The van der Waals surface area contributed by atoms with Crippen LogP contribution in [0.4, 0.5) is 0 Å². The van der Waals surface area contributed by atoms with Gasteiger partial charge in [0.25, 0.3) is 0 Å². The molecule has 1 aromatic heterocycles. The predicted molar refractivity (Wildman–Crippen MR) is 98.3 cm³/mol. The van der Waals surface area contributed by atoms with Crippen molar-refractivity contribution in [3.05, 3.63) is 83.2 Å². The third-order valence-corrected chi connectivity index (χ3v) is 4.15. The van der Waals surface area contributed by atoms with E-state index in [0.717, 1.165) is 5.56 Å². The zero-order valence-corrected chi connectivity index (χ0v) is 14.3. The number of carbonyl (C=O) groups excluding carboxylic acids is 1. The fourth-order valence-electron chi connectivity index (χ4n) is 2.82. The number of nitriles is 1. The number of nitrogens with zero attached hydrogens (tertiary/aromatic N) is 3. The number of carbonyl (C=O) groups is 1. The van der Waals surface area contributed by atoms with Gasteiger partial charge in [0.05, 0.1) is 12.7 Å². The zero-order valence-electron chi connectivity index (χ0n) is 14.3. The van der Waals surface area contributed by atoms with Gasteiger partial charge in [-0.15, -0.1) is 0 Å². The normalized spacial score (nSPS) is 12.6. The highest BCUT2D eigenvalue weighted by Gasteiger charge is 2.18. The van der Waals surface area contributed by atoms with Gasteiger partial charge in [-0.2, -0.15) is 10.4 Å². The Morgan fingerprint density at radius 1 is 1.19 bits per heavy atom. The van der Waals surface area contributed by atoms with Crippen LogP contribution < -0.4 is 9.47 Å². The van der Waals surface area contributed by atoms with E-state index in [9.17, 15) is 10.1 Å². The average molecular weight is 357 g/mol. The van der Waals surface area contributed by atoms with E-state index < -0.39 is 0 Å². The summed E-state index contributed by atoms with van der Waals surface area (Å²) in [6.07, 6.45) is 4.98. The molecular weight excluding hydrogens is 342 g/mol. The molecule has 0 bridgehead atoms. The van der Waals surface area contributed by atoms with Crippen molar-refractivity contribution in [1.29, 1.82) is 5.26 Å². The number of hydrogen-bond donors (Lipinski definition) is 0. The second-order valence-corrected chi connectivity index (χ2v) is 6.02. The van der Waals surface area contributed by atoms with Gasteiger partial charge in [0.1, 0.15) is 11.6 Å². The molecule has 27 heavy (non-hydrogen) atoms. The molecule has 0 atom stereocenters. The number of ether oxygens (including phenoxy) is 2. The highest BCUT2D eigenvalue weighted by molar-refractivity contribution is 6.14. The predicted octanol–water partition coefficient (Wildman–Crippen LogP) is 3.45. The lowest BCUT2D eigenvalue weighted by Gasteiger charge is -2.01. The molecule has 4 rings (SSSR count). The highest BCUT2D eigenvalue weighted by Crippen LogP contribution is 2.33. The van der Waals surface area contributed by atoms with Crippen molar-refractivity contribution < 1.29 is 14.3 Å². The van der Waals surface area contributed by atoms with E-state index in [-0.39, 0.29) is 18.1 Å². The molecule has 0 unspecified atom stereocenters. The Kier molecular flexibility index (Phi) is 4.42. The van der Waals surface area contributed by atoms with Crippen molar-refractivity contribution in [2.45, 2.75) is 6.54 Å². The lowest BCUT2D eigenvalue weighted by molar-refractivity contribution is 0.103. The maximum absolute atomic E-state index is 12.7. The number of ketones is 1. The van der Waals surface area contributed by atoms with Gasteiger partial charge in [-0.1, -0.05) is 30.3 Å². The first kappa shape index (κ1) is 16.6. The largest absolute Gasteiger partial charge is 0.454 e. The van der Waals surface area contributed by atoms with Crippen molar-refractivity contribution in [3.63, 3.8) is 0 Å². The van der Waals surface area contributed by atoms with E-state index >= 15 is 0 Å². The minimum atomic E-state index is -0.369. The van der Waals surface area contributed by atoms with Gasteiger partial charge in [0.15, 0.2) is 11.5 Å². The van der Waals surface area contributed by atoms with Crippen molar-refractivity contribution in [3.8, 4) is 17.6 Å². The molecule has 6 heteroatoms. The van der Waals surface area contributed by atoms with Gasteiger partial charge in [-0.05, 0) is 29.8 Å². The van der Waals surface area contributed by atoms with Gasteiger partial charge in [0, 0.05) is 17.3 Å². The first-order valence-electron chi connectivity index (χ1n) is 8.35. The van der Waals surface area contributed by atoms with Crippen LogP contribution in [0.2, 0.25) is 0 Å². The Morgan fingerprint density at radius 3 is 2.81 bits per heavy atom. The smallest absolute Gasteiger partial charge is 0.231 e. The van der Waals surface area contributed by atoms with Crippen LogP contribution in [0.15, 0.2) is 66.5 Å². The molecule has 2 aromatic carbocycles. The lowest BCUT2D eigenvalue weighted by atomic mass is 10.0. The van der Waals surface area contributed by atoms with Crippen molar-refractivity contribution in [2.24, 2.45) is 0 Å². The summed E-state index contributed by atoms with van der Waals surface area (Å²) >= 11 is 0. The summed E-state index contributed by atoms with van der Waals surface area (Å²) in [5.74, 6) is 0.733. The van der Waals surface area contributed by atoms with E-state index in [0.29, 0.717) is 29.2 Å². The number of benzene rings is 2. The minimum Gasteiger partial charge on any atom is -0.454 e. The summed E-state index contributed by atoms with van der Waals surface area (Å²) < 4.78 is 12.3. The first-order valence-corrected chi connectivity index (χ1v) is 8.35. The third kappa shape index (κ3) is 3.58. The molecule has 0 saturated carbocycles. The minimum absolute atomic E-state index is 0.0353. The van der Waals surface area contributed by atoms with E-state index in [1.165, 1.54) is 0 Å². The molecule has 6 nitrogen and oxygen atoms in total. The summed E-state index contributed by atoms with van der Waals surface area (Å²) in [4.78, 5) is 12.7. The number of hydrogen-bond acceptors (Lipinski definition) is 5. The second-order valence-electron chi connectivity index (χ2n) is 6.02. The molecule has 0 aliphatic carbocycles. The molecule has 0 spiro atoms. The summed E-state index contributed by atoms with van der Waals surface area (Å²) in [6, 6.07) is 16.8. The van der Waals surface area contributed by atoms with Crippen LogP contribution in [0.25, 0.3) is 6.08 Å². The van der Waals surface area contributed by atoms with Crippen LogP contribution in [0.5, 0.6) is 11.5 Å². The van der Waals surface area contributed by atoms with Crippen molar-refractivity contribution >= 4 is 11.9 Å². The van der Waals surface area contributed by atoms with Gasteiger partial charge in [-0.25, -0.2) is 0 Å². The Labute approximate surface area is 155 Å². The topological polar surface area (TPSA) is 77.1 Å². The highest BCUT2D eigenvalue weighted by atomic mass is 16.7. The molecule has 132 valence electrons. The fourth-order valence-corrected chi connectivity index (χ4v) is 2.82. The molecular formula is C21H15N3O3. The summed E-state index contributed by atoms with van der Waals surface area (Å²) in [5.41, 5.74) is 2.22. The van der Waals surface area contributed by atoms with Gasteiger partial charge < -0.3 is 9.47 Å². The number of fused-ring (bicyclic) bond motifs is 1. The maximum atomic E-state index is 12.7. The summed E-state index contributed by atoms with van der Waals surface area (Å²) in [6.45, 7) is 0.751. The molecule has 0 fully saturated rings. The van der Waals surface area contributed by atoms with Crippen LogP contribution in [-0.2, 0) is 6.54 Å². The van der Waals surface area contributed by atoms with Crippen LogP contribution in [0, 0.1) is 11.3 Å². The molecule has 0 radical (unpaired) electrons. The standard InChI is InChI=1S/C21H15N3O3/c22-10-18(21(25)17-6-7-19-20(9-17)27-14-26-19)8-16-11-23-24(13-16)12-15-4-2-1-3-5-15/h1-9,11,13H,12,14H2/b18-8+. The SMILES string of the molecule is N#C/C(=C\c1cnn(Cc2ccccc2)c1)C(=O)c1ccc2c(c1)OCO2. The van der Waals surface area contributed by atoms with Gasteiger partial charge >= 0.3 is 0 Å². The number of Topliss-reactive ketones (excluding diaryl/α,β-unsaturated/α-hetero) is 1. The monoisotopic (exact) mass is 357 g/mol. The van der Waals surface area contributed by atoms with Gasteiger partial charge in [0.2, 0.25) is 12.6 Å². The van der Waals surface area contributed by atoms with E-state index in [1.54, 1.807) is 41.4 Å². The fraction of sp³-hybridized carbons (Fsp3) is 0.0952. The van der Waals surface area contributed by atoms with Gasteiger partial charge in [-0.3, -0.25) is 9.48 Å².